The Labute approximate surface area is 105 Å². The van der Waals surface area contributed by atoms with Gasteiger partial charge in [0.2, 0.25) is 5.91 Å². The van der Waals surface area contributed by atoms with Crippen LogP contribution in [0.4, 0.5) is 0 Å². The van der Waals surface area contributed by atoms with Crippen LogP contribution in [0.15, 0.2) is 0 Å². The summed E-state index contributed by atoms with van der Waals surface area (Å²) < 4.78 is 0. The molecule has 1 unspecified atom stereocenters. The van der Waals surface area contributed by atoms with Crippen molar-refractivity contribution in [3.8, 4) is 0 Å². The number of carbonyl (C=O) groups excluding carboxylic acids is 1. The monoisotopic (exact) mass is 241 g/mol. The molecule has 1 aliphatic rings. The molecular weight excluding hydrogens is 214 g/mol. The van der Waals surface area contributed by atoms with Crippen LogP contribution >= 0.6 is 0 Å². The molecule has 0 aromatic carbocycles. The van der Waals surface area contributed by atoms with E-state index in [2.05, 4.69) is 29.4 Å². The maximum absolute atomic E-state index is 10.9. The first-order valence-electron chi connectivity index (χ1n) is 6.78. The van der Waals surface area contributed by atoms with Crippen molar-refractivity contribution in [2.45, 2.75) is 39.7 Å². The Balaban J connectivity index is 2.28. The fourth-order valence-electron chi connectivity index (χ4n) is 2.39. The molecule has 100 valence electrons. The van der Waals surface area contributed by atoms with Gasteiger partial charge in [0.1, 0.15) is 0 Å². The highest BCUT2D eigenvalue weighted by Gasteiger charge is 2.18. The molecule has 0 aromatic rings. The Morgan fingerprint density at radius 3 is 2.82 bits per heavy atom. The molecule has 1 rings (SSSR count). The molecule has 0 spiro atoms. The summed E-state index contributed by atoms with van der Waals surface area (Å²) in [6, 6.07) is 0.645. The molecule has 1 saturated heterocycles. The molecule has 0 aromatic heterocycles. The summed E-state index contributed by atoms with van der Waals surface area (Å²) >= 11 is 0. The third-order valence-corrected chi connectivity index (χ3v) is 3.07. The van der Waals surface area contributed by atoms with Gasteiger partial charge in [0, 0.05) is 39.1 Å². The van der Waals surface area contributed by atoms with Gasteiger partial charge in [0.25, 0.3) is 0 Å². The van der Waals surface area contributed by atoms with Crippen molar-refractivity contribution in [2.75, 3.05) is 32.7 Å². The van der Waals surface area contributed by atoms with E-state index in [1.54, 1.807) is 6.92 Å². The standard InChI is InChI=1S/C13H27N3O/c1-11(2)9-16(8-7-14-12(3)17)10-13-5-4-6-15-13/h11,13,15H,4-10H2,1-3H3,(H,14,17). The lowest BCUT2D eigenvalue weighted by Gasteiger charge is -2.27. The predicted octanol–water partition coefficient (Wildman–Crippen LogP) is 0.833. The first-order valence-corrected chi connectivity index (χ1v) is 6.78. The molecular formula is C13H27N3O. The van der Waals surface area contributed by atoms with E-state index in [0.717, 1.165) is 32.7 Å². The third-order valence-electron chi connectivity index (χ3n) is 3.07. The summed E-state index contributed by atoms with van der Waals surface area (Å²) in [5.74, 6) is 0.738. The number of hydrogen-bond donors (Lipinski definition) is 2. The van der Waals surface area contributed by atoms with Crippen molar-refractivity contribution in [3.05, 3.63) is 0 Å². The van der Waals surface area contributed by atoms with Crippen LogP contribution < -0.4 is 10.6 Å². The SMILES string of the molecule is CC(=O)NCCN(CC(C)C)CC1CCCN1. The third kappa shape index (κ3) is 6.64. The minimum absolute atomic E-state index is 0.0634. The Morgan fingerprint density at radius 1 is 1.53 bits per heavy atom. The van der Waals surface area contributed by atoms with E-state index >= 15 is 0 Å². The number of amides is 1. The number of rotatable bonds is 7. The van der Waals surface area contributed by atoms with Crippen molar-refractivity contribution < 1.29 is 4.79 Å². The summed E-state index contributed by atoms with van der Waals surface area (Å²) in [5, 5.41) is 6.40. The number of nitrogens with zero attached hydrogens (tertiary/aromatic N) is 1. The van der Waals surface area contributed by atoms with E-state index in [4.69, 9.17) is 0 Å². The first-order chi connectivity index (χ1) is 8.08. The van der Waals surface area contributed by atoms with Gasteiger partial charge >= 0.3 is 0 Å². The second kappa shape index (κ2) is 7.67. The summed E-state index contributed by atoms with van der Waals surface area (Å²) in [6.07, 6.45) is 2.58. The fourth-order valence-corrected chi connectivity index (χ4v) is 2.39. The predicted molar refractivity (Wildman–Crippen MR) is 71.0 cm³/mol. The van der Waals surface area contributed by atoms with E-state index < -0.39 is 0 Å². The molecule has 4 nitrogen and oxygen atoms in total. The molecule has 1 fully saturated rings. The van der Waals surface area contributed by atoms with Crippen molar-refractivity contribution in [1.29, 1.82) is 0 Å². The maximum atomic E-state index is 10.9. The number of carbonyl (C=O) groups is 1. The molecule has 0 radical (unpaired) electrons. The van der Waals surface area contributed by atoms with E-state index in [1.165, 1.54) is 12.8 Å². The number of hydrogen-bond acceptors (Lipinski definition) is 3. The summed E-state index contributed by atoms with van der Waals surface area (Å²) in [5.41, 5.74) is 0. The average Bonchev–Trinajstić information content (AvgIpc) is 2.68. The minimum atomic E-state index is 0.0634. The Kier molecular flexibility index (Phi) is 6.52. The van der Waals surface area contributed by atoms with Crippen LogP contribution in [0.25, 0.3) is 0 Å². The number of nitrogens with one attached hydrogen (secondary N) is 2. The van der Waals surface area contributed by atoms with Crippen LogP contribution in [0.1, 0.15) is 33.6 Å². The van der Waals surface area contributed by atoms with Gasteiger partial charge in [-0.05, 0) is 25.3 Å². The van der Waals surface area contributed by atoms with E-state index in [1.807, 2.05) is 0 Å². The van der Waals surface area contributed by atoms with E-state index in [9.17, 15) is 4.79 Å². The molecule has 2 N–H and O–H groups in total. The van der Waals surface area contributed by atoms with Crippen molar-refractivity contribution in [3.63, 3.8) is 0 Å². The second-order valence-corrected chi connectivity index (χ2v) is 5.43. The lowest BCUT2D eigenvalue weighted by Crippen LogP contribution is -2.42. The Hall–Kier alpha value is -0.610. The van der Waals surface area contributed by atoms with Gasteiger partial charge in [-0.25, -0.2) is 0 Å². The largest absolute Gasteiger partial charge is 0.355 e. The highest BCUT2D eigenvalue weighted by molar-refractivity contribution is 5.72. The van der Waals surface area contributed by atoms with Crippen LogP contribution in [0, 0.1) is 5.92 Å². The zero-order valence-electron chi connectivity index (χ0n) is 11.5. The summed E-state index contributed by atoms with van der Waals surface area (Å²) in [4.78, 5) is 13.3. The van der Waals surface area contributed by atoms with Gasteiger partial charge < -0.3 is 10.6 Å². The average molecular weight is 241 g/mol. The normalized spacial score (nSPS) is 20.2. The molecule has 0 saturated carbocycles. The molecule has 1 heterocycles. The van der Waals surface area contributed by atoms with E-state index in [-0.39, 0.29) is 5.91 Å². The highest BCUT2D eigenvalue weighted by Crippen LogP contribution is 2.08. The van der Waals surface area contributed by atoms with Gasteiger partial charge in [-0.1, -0.05) is 13.8 Å². The first kappa shape index (κ1) is 14.5. The van der Waals surface area contributed by atoms with Gasteiger partial charge in [-0.2, -0.15) is 0 Å². The second-order valence-electron chi connectivity index (χ2n) is 5.43. The van der Waals surface area contributed by atoms with Crippen molar-refractivity contribution in [1.82, 2.24) is 15.5 Å². The van der Waals surface area contributed by atoms with Crippen molar-refractivity contribution >= 4 is 5.91 Å². The van der Waals surface area contributed by atoms with Crippen LogP contribution in [-0.4, -0.2) is 49.6 Å². The van der Waals surface area contributed by atoms with Gasteiger partial charge in [0.05, 0.1) is 0 Å². The fraction of sp³-hybridized carbons (Fsp3) is 0.923. The minimum Gasteiger partial charge on any atom is -0.355 e. The quantitative estimate of drug-likeness (QED) is 0.694. The van der Waals surface area contributed by atoms with Crippen molar-refractivity contribution in [2.24, 2.45) is 5.92 Å². The molecule has 1 atom stereocenters. The molecule has 17 heavy (non-hydrogen) atoms. The maximum Gasteiger partial charge on any atom is 0.216 e. The lowest BCUT2D eigenvalue weighted by molar-refractivity contribution is -0.119. The van der Waals surface area contributed by atoms with Crippen LogP contribution in [0.5, 0.6) is 0 Å². The summed E-state index contributed by atoms with van der Waals surface area (Å²) in [6.45, 7) is 11.2. The van der Waals surface area contributed by atoms with Crippen LogP contribution in [-0.2, 0) is 4.79 Å². The molecule has 4 heteroatoms. The topological polar surface area (TPSA) is 44.4 Å². The van der Waals surface area contributed by atoms with Crippen LogP contribution in [0.2, 0.25) is 0 Å². The Bertz CT molecular complexity index is 225. The van der Waals surface area contributed by atoms with Gasteiger partial charge in [0.15, 0.2) is 0 Å². The lowest BCUT2D eigenvalue weighted by atomic mass is 10.1. The molecule has 0 bridgehead atoms. The zero-order chi connectivity index (χ0) is 12.7. The van der Waals surface area contributed by atoms with E-state index in [0.29, 0.717) is 12.0 Å². The smallest absolute Gasteiger partial charge is 0.216 e. The van der Waals surface area contributed by atoms with Gasteiger partial charge in [-0.3, -0.25) is 9.69 Å². The molecule has 1 amide bonds. The molecule has 1 aliphatic heterocycles. The Morgan fingerprint density at radius 2 is 2.29 bits per heavy atom. The highest BCUT2D eigenvalue weighted by atomic mass is 16.1. The zero-order valence-corrected chi connectivity index (χ0v) is 11.5. The van der Waals surface area contributed by atoms with Gasteiger partial charge in [-0.15, -0.1) is 0 Å². The van der Waals surface area contributed by atoms with Crippen LogP contribution in [0.3, 0.4) is 0 Å². The summed E-state index contributed by atoms with van der Waals surface area (Å²) in [7, 11) is 0. The molecule has 0 aliphatic carbocycles.